The number of hydrogen-bond acceptors (Lipinski definition) is 3. The summed E-state index contributed by atoms with van der Waals surface area (Å²) in [6, 6.07) is 17.7. The summed E-state index contributed by atoms with van der Waals surface area (Å²) in [5.41, 5.74) is 4.26. The van der Waals surface area contributed by atoms with Crippen molar-refractivity contribution in [1.82, 2.24) is 15.1 Å². The van der Waals surface area contributed by atoms with Gasteiger partial charge in [0.1, 0.15) is 0 Å². The van der Waals surface area contributed by atoms with Crippen molar-refractivity contribution >= 4 is 11.6 Å². The number of benzene rings is 2. The average Bonchev–Trinajstić information content (AvgIpc) is 3.07. The fraction of sp³-hybridized carbons (Fsp3) is 0.182. The summed E-state index contributed by atoms with van der Waals surface area (Å²) in [6.45, 7) is 2.16. The van der Waals surface area contributed by atoms with Gasteiger partial charge in [0.25, 0.3) is 5.91 Å². The summed E-state index contributed by atoms with van der Waals surface area (Å²) < 4.78 is 1.76. The van der Waals surface area contributed by atoms with Gasteiger partial charge in [-0.3, -0.25) is 4.79 Å². The van der Waals surface area contributed by atoms with E-state index in [4.69, 9.17) is 0 Å². The van der Waals surface area contributed by atoms with Crippen molar-refractivity contribution < 1.29 is 4.79 Å². The van der Waals surface area contributed by atoms with Crippen LogP contribution < -0.4 is 10.2 Å². The van der Waals surface area contributed by atoms with E-state index in [9.17, 15) is 4.79 Å². The van der Waals surface area contributed by atoms with Crippen molar-refractivity contribution in [3.05, 3.63) is 77.6 Å². The lowest BCUT2D eigenvalue weighted by Gasteiger charge is -2.13. The highest BCUT2D eigenvalue weighted by Crippen LogP contribution is 2.16. The van der Waals surface area contributed by atoms with E-state index in [-0.39, 0.29) is 12.5 Å². The summed E-state index contributed by atoms with van der Waals surface area (Å²) in [5.74, 6) is 5.96. The molecule has 3 rings (SSSR count). The minimum absolute atomic E-state index is 0.176. The van der Waals surface area contributed by atoms with E-state index >= 15 is 0 Å². The third kappa shape index (κ3) is 4.18. The van der Waals surface area contributed by atoms with E-state index in [0.29, 0.717) is 5.56 Å². The number of para-hydroxylation sites is 2. The van der Waals surface area contributed by atoms with Crippen LogP contribution in [0.3, 0.4) is 0 Å². The van der Waals surface area contributed by atoms with Crippen LogP contribution in [-0.2, 0) is 0 Å². The van der Waals surface area contributed by atoms with Crippen LogP contribution in [0.1, 0.15) is 21.6 Å². The molecule has 0 aliphatic rings. The van der Waals surface area contributed by atoms with Crippen LogP contribution in [0.25, 0.3) is 5.69 Å². The molecule has 0 spiro atoms. The van der Waals surface area contributed by atoms with Gasteiger partial charge in [0.15, 0.2) is 0 Å². The van der Waals surface area contributed by atoms with Crippen molar-refractivity contribution in [1.29, 1.82) is 0 Å². The van der Waals surface area contributed by atoms with E-state index in [0.717, 1.165) is 22.6 Å². The number of carbonyl (C=O) groups is 1. The number of amides is 1. The largest absolute Gasteiger partial charge is 0.377 e. The Hall–Kier alpha value is -3.52. The molecular weight excluding hydrogens is 336 g/mol. The maximum absolute atomic E-state index is 12.5. The molecule has 5 nitrogen and oxygen atoms in total. The number of rotatable bonds is 4. The Labute approximate surface area is 159 Å². The van der Waals surface area contributed by atoms with Crippen LogP contribution in [0.2, 0.25) is 0 Å². The number of aromatic nitrogens is 2. The second-order valence-corrected chi connectivity index (χ2v) is 6.29. The number of anilines is 1. The van der Waals surface area contributed by atoms with E-state index < -0.39 is 0 Å². The predicted molar refractivity (Wildman–Crippen MR) is 108 cm³/mol. The highest BCUT2D eigenvalue weighted by molar-refractivity contribution is 5.95. The minimum atomic E-state index is -0.176. The van der Waals surface area contributed by atoms with Crippen LogP contribution in [0.4, 0.5) is 5.69 Å². The molecule has 0 unspecified atom stereocenters. The molecule has 0 aliphatic heterocycles. The molecule has 0 bridgehead atoms. The van der Waals surface area contributed by atoms with Gasteiger partial charge in [-0.15, -0.1) is 0 Å². The zero-order chi connectivity index (χ0) is 19.2. The first-order chi connectivity index (χ1) is 13.1. The molecule has 0 saturated carbocycles. The van der Waals surface area contributed by atoms with Gasteiger partial charge in [-0.25, -0.2) is 4.68 Å². The van der Waals surface area contributed by atoms with Gasteiger partial charge >= 0.3 is 0 Å². The average molecular weight is 358 g/mol. The maximum Gasteiger partial charge on any atom is 0.255 e. The predicted octanol–water partition coefficient (Wildman–Crippen LogP) is 3.03. The SMILES string of the molecule is Cc1c(C(=O)NCC#Cc2ccccc2N(C)C)cnn1-c1ccccc1. The highest BCUT2D eigenvalue weighted by atomic mass is 16.1. The monoisotopic (exact) mass is 358 g/mol. The zero-order valence-electron chi connectivity index (χ0n) is 15.7. The molecule has 5 heteroatoms. The second-order valence-electron chi connectivity index (χ2n) is 6.29. The van der Waals surface area contributed by atoms with E-state index in [1.165, 1.54) is 0 Å². The lowest BCUT2D eigenvalue weighted by Crippen LogP contribution is -2.24. The van der Waals surface area contributed by atoms with Gasteiger partial charge < -0.3 is 10.2 Å². The Balaban J connectivity index is 1.68. The fourth-order valence-electron chi connectivity index (χ4n) is 2.79. The number of hydrogen-bond donors (Lipinski definition) is 1. The molecule has 0 radical (unpaired) electrons. The van der Waals surface area contributed by atoms with E-state index in [1.54, 1.807) is 10.9 Å². The Morgan fingerprint density at radius 3 is 2.56 bits per heavy atom. The molecule has 0 atom stereocenters. The maximum atomic E-state index is 12.5. The molecule has 3 aromatic rings. The van der Waals surface area contributed by atoms with Crippen LogP contribution in [0, 0.1) is 18.8 Å². The van der Waals surface area contributed by atoms with Gasteiger partial charge in [0, 0.05) is 19.7 Å². The Bertz CT molecular complexity index is 994. The Morgan fingerprint density at radius 2 is 1.81 bits per heavy atom. The van der Waals surface area contributed by atoms with Gasteiger partial charge in [-0.2, -0.15) is 5.10 Å². The van der Waals surface area contributed by atoms with Crippen molar-refractivity contribution in [3.8, 4) is 17.5 Å². The zero-order valence-corrected chi connectivity index (χ0v) is 15.7. The standard InChI is InChI=1S/C22H22N4O/c1-17-20(16-24-26(17)19-12-5-4-6-13-19)22(27)23-15-9-11-18-10-7-8-14-21(18)25(2)3/h4-8,10,12-14,16H,15H2,1-3H3,(H,23,27). The summed E-state index contributed by atoms with van der Waals surface area (Å²) in [6.07, 6.45) is 1.59. The first-order valence-corrected chi connectivity index (χ1v) is 8.71. The van der Waals surface area contributed by atoms with Gasteiger partial charge in [0.05, 0.1) is 35.4 Å². The van der Waals surface area contributed by atoms with Crippen LogP contribution >= 0.6 is 0 Å². The molecule has 27 heavy (non-hydrogen) atoms. The van der Waals surface area contributed by atoms with E-state index in [1.807, 2.05) is 80.5 Å². The topological polar surface area (TPSA) is 50.2 Å². The third-order valence-corrected chi connectivity index (χ3v) is 4.20. The fourth-order valence-corrected chi connectivity index (χ4v) is 2.79. The lowest BCUT2D eigenvalue weighted by molar-refractivity contribution is 0.0958. The molecule has 1 amide bonds. The molecule has 0 saturated heterocycles. The third-order valence-electron chi connectivity index (χ3n) is 4.20. The number of nitrogens with one attached hydrogen (secondary N) is 1. The Morgan fingerprint density at radius 1 is 1.11 bits per heavy atom. The second kappa shape index (κ2) is 8.24. The normalized spacial score (nSPS) is 10.0. The summed E-state index contributed by atoms with van der Waals surface area (Å²) in [5, 5.41) is 7.17. The number of nitrogens with zero attached hydrogens (tertiary/aromatic N) is 3. The van der Waals surface area contributed by atoms with E-state index in [2.05, 4.69) is 22.3 Å². The van der Waals surface area contributed by atoms with Crippen molar-refractivity contribution in [2.24, 2.45) is 0 Å². The molecule has 1 aromatic heterocycles. The first kappa shape index (κ1) is 18.3. The first-order valence-electron chi connectivity index (χ1n) is 8.71. The van der Waals surface area contributed by atoms with Crippen molar-refractivity contribution in [2.75, 3.05) is 25.5 Å². The summed E-state index contributed by atoms with van der Waals surface area (Å²) in [7, 11) is 3.96. The van der Waals surface area contributed by atoms with Crippen LogP contribution in [-0.4, -0.2) is 36.3 Å². The molecule has 0 fully saturated rings. The smallest absolute Gasteiger partial charge is 0.255 e. The quantitative estimate of drug-likeness (QED) is 0.730. The van der Waals surface area contributed by atoms with Gasteiger partial charge in [0.2, 0.25) is 0 Å². The highest BCUT2D eigenvalue weighted by Gasteiger charge is 2.14. The van der Waals surface area contributed by atoms with Crippen molar-refractivity contribution in [3.63, 3.8) is 0 Å². The summed E-state index contributed by atoms with van der Waals surface area (Å²) in [4.78, 5) is 14.5. The molecular formula is C22H22N4O. The molecule has 2 aromatic carbocycles. The Kier molecular flexibility index (Phi) is 5.58. The molecule has 1 heterocycles. The number of carbonyl (C=O) groups excluding carboxylic acids is 1. The van der Waals surface area contributed by atoms with Gasteiger partial charge in [-0.1, -0.05) is 42.2 Å². The van der Waals surface area contributed by atoms with Gasteiger partial charge in [-0.05, 0) is 31.2 Å². The van der Waals surface area contributed by atoms with Crippen LogP contribution in [0.15, 0.2) is 60.8 Å². The lowest BCUT2D eigenvalue weighted by atomic mass is 10.1. The molecule has 0 aliphatic carbocycles. The molecule has 136 valence electrons. The van der Waals surface area contributed by atoms with Crippen LogP contribution in [0.5, 0.6) is 0 Å². The minimum Gasteiger partial charge on any atom is -0.377 e. The van der Waals surface area contributed by atoms with Crippen molar-refractivity contribution in [2.45, 2.75) is 6.92 Å². The molecule has 1 N–H and O–H groups in total. The summed E-state index contributed by atoms with van der Waals surface area (Å²) >= 11 is 0.